The van der Waals surface area contributed by atoms with E-state index in [0.717, 1.165) is 12.1 Å². The van der Waals surface area contributed by atoms with Crippen LogP contribution in [0.15, 0.2) is 18.2 Å². The lowest BCUT2D eigenvalue weighted by atomic mass is 10.1. The van der Waals surface area contributed by atoms with Gasteiger partial charge < -0.3 is 4.74 Å². The van der Waals surface area contributed by atoms with Crippen LogP contribution in [0.25, 0.3) is 0 Å². The largest absolute Gasteiger partial charge is 0.435 e. The highest BCUT2D eigenvalue weighted by molar-refractivity contribution is 9.09. The zero-order chi connectivity index (χ0) is 14.6. The molecule has 0 radical (unpaired) electrons. The van der Waals surface area contributed by atoms with E-state index in [2.05, 4.69) is 20.7 Å². The Morgan fingerprint density at radius 1 is 1.26 bits per heavy atom. The van der Waals surface area contributed by atoms with Crippen molar-refractivity contribution in [3.63, 3.8) is 0 Å². The first kappa shape index (κ1) is 15.9. The molecule has 0 spiro atoms. The Bertz CT molecular complexity index is 459. The molecule has 0 aliphatic rings. The third-order valence-electron chi connectivity index (χ3n) is 2.07. The first-order valence-electron chi connectivity index (χ1n) is 4.96. The van der Waals surface area contributed by atoms with Crippen LogP contribution in [0.3, 0.4) is 0 Å². The third kappa shape index (κ3) is 5.14. The molecule has 1 aromatic carbocycles. The van der Waals surface area contributed by atoms with E-state index in [4.69, 9.17) is 0 Å². The zero-order valence-corrected chi connectivity index (χ0v) is 10.9. The molecule has 0 amide bonds. The molecule has 0 aliphatic heterocycles. The van der Waals surface area contributed by atoms with Gasteiger partial charge in [0.25, 0.3) is 0 Å². The van der Waals surface area contributed by atoms with Crippen LogP contribution in [0.5, 0.6) is 5.75 Å². The molecule has 0 saturated heterocycles. The van der Waals surface area contributed by atoms with Gasteiger partial charge in [0.05, 0.1) is 10.9 Å². The number of benzene rings is 1. The fraction of sp³-hybridized carbons (Fsp3) is 0.364. The van der Waals surface area contributed by atoms with Gasteiger partial charge in [0.2, 0.25) is 0 Å². The van der Waals surface area contributed by atoms with Gasteiger partial charge >= 0.3 is 12.8 Å². The molecule has 1 aromatic rings. The molecule has 2 nitrogen and oxygen atoms in total. The van der Waals surface area contributed by atoms with Crippen molar-refractivity contribution in [1.82, 2.24) is 0 Å². The highest BCUT2D eigenvalue weighted by Gasteiger charge is 2.31. The Morgan fingerprint density at radius 3 is 2.37 bits per heavy atom. The molecule has 0 atom stereocenters. The number of ketones is 1. The van der Waals surface area contributed by atoms with Gasteiger partial charge in [0.15, 0.2) is 0 Å². The lowest BCUT2D eigenvalue weighted by molar-refractivity contribution is -0.138. The second-order valence-corrected chi connectivity index (χ2v) is 4.15. The number of alkyl halides is 6. The van der Waals surface area contributed by atoms with E-state index in [1.54, 1.807) is 0 Å². The van der Waals surface area contributed by atoms with Crippen molar-refractivity contribution < 1.29 is 31.5 Å². The van der Waals surface area contributed by atoms with Gasteiger partial charge in [0.1, 0.15) is 11.5 Å². The van der Waals surface area contributed by atoms with Crippen LogP contribution in [-0.4, -0.2) is 17.7 Å². The lowest BCUT2D eigenvalue weighted by Gasteiger charge is -2.12. The highest BCUT2D eigenvalue weighted by Crippen LogP contribution is 2.33. The van der Waals surface area contributed by atoms with Crippen molar-refractivity contribution in [3.05, 3.63) is 29.3 Å². The highest BCUT2D eigenvalue weighted by atomic mass is 79.9. The van der Waals surface area contributed by atoms with Crippen molar-refractivity contribution in [3.8, 4) is 5.75 Å². The molecule has 8 heteroatoms. The molecule has 0 fully saturated rings. The van der Waals surface area contributed by atoms with Crippen LogP contribution < -0.4 is 4.74 Å². The van der Waals surface area contributed by atoms with Gasteiger partial charge in [-0.15, -0.1) is 0 Å². The van der Waals surface area contributed by atoms with Crippen molar-refractivity contribution in [2.24, 2.45) is 0 Å². The van der Waals surface area contributed by atoms with E-state index in [-0.39, 0.29) is 23.1 Å². The lowest BCUT2D eigenvalue weighted by Crippen LogP contribution is -2.10. The van der Waals surface area contributed by atoms with Gasteiger partial charge in [-0.05, 0) is 23.8 Å². The topological polar surface area (TPSA) is 26.3 Å². The van der Waals surface area contributed by atoms with Crippen LogP contribution in [-0.2, 0) is 17.4 Å². The Labute approximate surface area is 113 Å². The Balaban J connectivity index is 3.12. The number of halogens is 6. The van der Waals surface area contributed by atoms with Crippen LogP contribution in [0.4, 0.5) is 22.0 Å². The summed E-state index contributed by atoms with van der Waals surface area (Å²) in [7, 11) is 0. The summed E-state index contributed by atoms with van der Waals surface area (Å²) in [6.45, 7) is -3.23. The Kier molecular flexibility index (Phi) is 5.28. The summed E-state index contributed by atoms with van der Waals surface area (Å²) < 4.78 is 65.7. The van der Waals surface area contributed by atoms with E-state index in [1.165, 1.54) is 0 Å². The molecule has 1 rings (SSSR count). The fourth-order valence-electron chi connectivity index (χ4n) is 1.37. The SMILES string of the molecule is O=C(CBr)Cc1cc(OC(F)F)cc(C(F)(F)F)c1. The first-order valence-corrected chi connectivity index (χ1v) is 6.08. The molecular formula is C11H8BrF5O2. The molecule has 0 heterocycles. The third-order valence-corrected chi connectivity index (χ3v) is 2.69. The molecule has 0 N–H and O–H groups in total. The molecule has 0 saturated carbocycles. The van der Waals surface area contributed by atoms with Crippen molar-refractivity contribution in [2.75, 3.05) is 5.33 Å². The smallest absolute Gasteiger partial charge is 0.416 e. The fourth-order valence-corrected chi connectivity index (χ4v) is 1.57. The Morgan fingerprint density at radius 2 is 1.89 bits per heavy atom. The summed E-state index contributed by atoms with van der Waals surface area (Å²) in [6.07, 6.45) is -5.00. The molecule has 19 heavy (non-hydrogen) atoms. The quantitative estimate of drug-likeness (QED) is 0.598. The van der Waals surface area contributed by atoms with E-state index >= 15 is 0 Å². The summed E-state index contributed by atoms with van der Waals surface area (Å²) >= 11 is 2.87. The summed E-state index contributed by atoms with van der Waals surface area (Å²) in [6, 6.07) is 2.19. The van der Waals surface area contributed by atoms with E-state index in [9.17, 15) is 26.7 Å². The normalized spacial score (nSPS) is 11.7. The van der Waals surface area contributed by atoms with Crippen LogP contribution in [0, 0.1) is 0 Å². The van der Waals surface area contributed by atoms with Crippen molar-refractivity contribution in [1.29, 1.82) is 0 Å². The van der Waals surface area contributed by atoms with Gasteiger partial charge in [0, 0.05) is 6.42 Å². The molecule has 0 aliphatic carbocycles. The maximum atomic E-state index is 12.6. The number of carbonyl (C=O) groups excluding carboxylic acids is 1. The van der Waals surface area contributed by atoms with E-state index in [0.29, 0.717) is 6.07 Å². The summed E-state index contributed by atoms with van der Waals surface area (Å²) in [5, 5.41) is -0.0334. The minimum absolute atomic E-state index is 0.0325. The van der Waals surface area contributed by atoms with Crippen molar-refractivity contribution in [2.45, 2.75) is 19.2 Å². The summed E-state index contributed by atoms with van der Waals surface area (Å²) in [5.74, 6) is -0.996. The second-order valence-electron chi connectivity index (χ2n) is 3.59. The predicted molar refractivity (Wildman–Crippen MR) is 60.6 cm³/mol. The Hall–Kier alpha value is -1.18. The van der Waals surface area contributed by atoms with Crippen LogP contribution in [0.1, 0.15) is 11.1 Å². The van der Waals surface area contributed by atoms with Crippen LogP contribution >= 0.6 is 15.9 Å². The molecule has 106 valence electrons. The first-order chi connectivity index (χ1) is 8.72. The maximum Gasteiger partial charge on any atom is 0.416 e. The monoisotopic (exact) mass is 346 g/mol. The van der Waals surface area contributed by atoms with Gasteiger partial charge in [-0.25, -0.2) is 0 Å². The van der Waals surface area contributed by atoms with E-state index in [1.807, 2.05) is 0 Å². The minimum Gasteiger partial charge on any atom is -0.435 e. The average molecular weight is 347 g/mol. The second kappa shape index (κ2) is 6.31. The number of carbonyl (C=O) groups is 1. The number of ether oxygens (including phenoxy) is 1. The van der Waals surface area contributed by atoms with Crippen molar-refractivity contribution >= 4 is 21.7 Å². The molecule has 0 aromatic heterocycles. The minimum atomic E-state index is -4.70. The summed E-state index contributed by atoms with van der Waals surface area (Å²) in [4.78, 5) is 11.2. The van der Waals surface area contributed by atoms with Gasteiger partial charge in [-0.2, -0.15) is 22.0 Å². The number of hydrogen-bond acceptors (Lipinski definition) is 2. The molecule has 0 bridgehead atoms. The standard InChI is InChI=1S/C11H8BrF5O2/c12-5-8(18)2-6-1-7(11(15,16)17)4-9(3-6)19-10(13)14/h1,3-4,10H,2,5H2. The van der Waals surface area contributed by atoms with E-state index < -0.39 is 24.1 Å². The zero-order valence-electron chi connectivity index (χ0n) is 9.31. The number of hydrogen-bond donors (Lipinski definition) is 0. The van der Waals surface area contributed by atoms with Gasteiger partial charge in [-0.3, -0.25) is 4.79 Å². The molecule has 0 unspecified atom stereocenters. The maximum absolute atomic E-state index is 12.6. The summed E-state index contributed by atoms with van der Waals surface area (Å²) in [5.41, 5.74) is -1.17. The molecular weight excluding hydrogens is 339 g/mol. The number of rotatable bonds is 5. The average Bonchev–Trinajstić information content (AvgIpc) is 2.26. The predicted octanol–water partition coefficient (Wildman–Crippen LogP) is 3.81. The van der Waals surface area contributed by atoms with Crippen LogP contribution in [0.2, 0.25) is 0 Å². The van der Waals surface area contributed by atoms with Gasteiger partial charge in [-0.1, -0.05) is 15.9 Å². The number of Topliss-reactive ketones (excluding diaryl/α,β-unsaturated/α-hetero) is 1.